The summed E-state index contributed by atoms with van der Waals surface area (Å²) in [5, 5.41) is 13.7. The summed E-state index contributed by atoms with van der Waals surface area (Å²) in [7, 11) is 1.82. The molecule has 74 valence electrons. The molecule has 0 aliphatic carbocycles. The number of aromatic nitrogens is 2. The summed E-state index contributed by atoms with van der Waals surface area (Å²) in [6, 6.07) is 1.82. The van der Waals surface area contributed by atoms with Crippen molar-refractivity contribution in [1.29, 1.82) is 0 Å². The molecule has 0 amide bonds. The fraction of sp³-hybridized carbons (Fsp3) is 0.667. The number of hydrogen-bond donors (Lipinski definition) is 1. The molecule has 4 nitrogen and oxygen atoms in total. The van der Waals surface area contributed by atoms with Crippen LogP contribution in [0.15, 0.2) is 12.3 Å². The van der Waals surface area contributed by atoms with Gasteiger partial charge < -0.3 is 9.84 Å². The minimum absolute atomic E-state index is 0.473. The average molecular weight is 184 g/mol. The third kappa shape index (κ3) is 2.82. The highest BCUT2D eigenvalue weighted by atomic mass is 16.5. The Bertz CT molecular complexity index is 248. The third-order valence-electron chi connectivity index (χ3n) is 1.94. The van der Waals surface area contributed by atoms with Crippen LogP contribution < -0.4 is 0 Å². The normalized spacial score (nSPS) is 13.2. The Balaban J connectivity index is 2.39. The van der Waals surface area contributed by atoms with Gasteiger partial charge in [0.15, 0.2) is 0 Å². The molecule has 1 N–H and O–H groups in total. The maximum atomic E-state index is 9.68. The summed E-state index contributed by atoms with van der Waals surface area (Å²) in [6.07, 6.45) is 1.83. The van der Waals surface area contributed by atoms with E-state index in [4.69, 9.17) is 4.74 Å². The number of ether oxygens (including phenoxy) is 1. The maximum absolute atomic E-state index is 9.68. The number of rotatable bonds is 5. The Kier molecular flexibility index (Phi) is 3.92. The van der Waals surface area contributed by atoms with Crippen LogP contribution in [0.1, 0.15) is 25.1 Å². The van der Waals surface area contributed by atoms with E-state index >= 15 is 0 Å². The highest BCUT2D eigenvalue weighted by Crippen LogP contribution is 2.14. The minimum atomic E-state index is -0.473. The van der Waals surface area contributed by atoms with Crippen molar-refractivity contribution in [3.63, 3.8) is 0 Å². The molecule has 0 aromatic carbocycles. The van der Waals surface area contributed by atoms with E-state index in [1.54, 1.807) is 10.9 Å². The predicted octanol–water partition coefficient (Wildman–Crippen LogP) is 0.880. The van der Waals surface area contributed by atoms with Crippen LogP contribution in [0, 0.1) is 0 Å². The van der Waals surface area contributed by atoms with Crippen LogP contribution in [0.25, 0.3) is 0 Å². The van der Waals surface area contributed by atoms with Gasteiger partial charge in [-0.1, -0.05) is 0 Å². The molecule has 0 aliphatic heterocycles. The Hall–Kier alpha value is -0.870. The molecular formula is C9H16N2O2. The number of aliphatic hydroxyl groups excluding tert-OH is 1. The van der Waals surface area contributed by atoms with Gasteiger partial charge in [0.1, 0.15) is 0 Å². The molecule has 0 aliphatic rings. The van der Waals surface area contributed by atoms with E-state index in [1.165, 1.54) is 0 Å². The van der Waals surface area contributed by atoms with Crippen LogP contribution in [-0.4, -0.2) is 28.1 Å². The summed E-state index contributed by atoms with van der Waals surface area (Å²) in [6.45, 7) is 3.22. The van der Waals surface area contributed by atoms with Gasteiger partial charge in [-0.15, -0.1) is 0 Å². The molecule has 0 radical (unpaired) electrons. The van der Waals surface area contributed by atoms with E-state index in [0.29, 0.717) is 19.6 Å². The summed E-state index contributed by atoms with van der Waals surface area (Å²) in [5.41, 5.74) is 0.833. The molecule has 1 unspecified atom stereocenters. The Morgan fingerprint density at radius 2 is 2.46 bits per heavy atom. The van der Waals surface area contributed by atoms with Gasteiger partial charge in [-0.2, -0.15) is 5.10 Å². The van der Waals surface area contributed by atoms with Crippen LogP contribution in [-0.2, 0) is 11.8 Å². The molecule has 0 bridgehead atoms. The largest absolute Gasteiger partial charge is 0.387 e. The SMILES string of the molecule is CCOCCC(O)c1ccnn1C. The predicted molar refractivity (Wildman–Crippen MR) is 49.3 cm³/mol. The highest BCUT2D eigenvalue weighted by Gasteiger charge is 2.10. The molecule has 0 saturated carbocycles. The zero-order valence-electron chi connectivity index (χ0n) is 8.10. The molecule has 1 aromatic heterocycles. The van der Waals surface area contributed by atoms with Gasteiger partial charge >= 0.3 is 0 Å². The van der Waals surface area contributed by atoms with Gasteiger partial charge in [0.25, 0.3) is 0 Å². The molecule has 1 aromatic rings. The fourth-order valence-corrected chi connectivity index (χ4v) is 1.20. The lowest BCUT2D eigenvalue weighted by Crippen LogP contribution is -2.08. The zero-order valence-corrected chi connectivity index (χ0v) is 8.10. The monoisotopic (exact) mass is 184 g/mol. The van der Waals surface area contributed by atoms with Crippen molar-refractivity contribution in [1.82, 2.24) is 9.78 Å². The van der Waals surface area contributed by atoms with Crippen molar-refractivity contribution < 1.29 is 9.84 Å². The highest BCUT2D eigenvalue weighted by molar-refractivity contribution is 5.03. The molecule has 0 saturated heterocycles. The first-order valence-electron chi connectivity index (χ1n) is 4.49. The van der Waals surface area contributed by atoms with Gasteiger partial charge in [0.05, 0.1) is 11.8 Å². The standard InChI is InChI=1S/C9H16N2O2/c1-3-13-7-5-9(12)8-4-6-10-11(8)2/h4,6,9,12H,3,5,7H2,1-2H3. The van der Waals surface area contributed by atoms with Crippen LogP contribution in [0.5, 0.6) is 0 Å². The van der Waals surface area contributed by atoms with Gasteiger partial charge in [-0.05, 0) is 13.0 Å². The first-order valence-corrected chi connectivity index (χ1v) is 4.49. The number of nitrogens with zero attached hydrogens (tertiary/aromatic N) is 2. The van der Waals surface area contributed by atoms with E-state index in [-0.39, 0.29) is 0 Å². The first-order chi connectivity index (χ1) is 6.25. The maximum Gasteiger partial charge on any atom is 0.0978 e. The lowest BCUT2D eigenvalue weighted by molar-refractivity contribution is 0.0847. The van der Waals surface area contributed by atoms with Gasteiger partial charge in [0.2, 0.25) is 0 Å². The van der Waals surface area contributed by atoms with Gasteiger partial charge in [0, 0.05) is 32.9 Å². The summed E-state index contributed by atoms with van der Waals surface area (Å²) >= 11 is 0. The second kappa shape index (κ2) is 4.99. The molecule has 0 fully saturated rings. The Morgan fingerprint density at radius 1 is 1.69 bits per heavy atom. The van der Waals surface area contributed by atoms with Crippen LogP contribution >= 0.6 is 0 Å². The van der Waals surface area contributed by atoms with Crippen LogP contribution in [0.4, 0.5) is 0 Å². The molecular weight excluding hydrogens is 168 g/mol. The summed E-state index contributed by atoms with van der Waals surface area (Å²) < 4.78 is 6.83. The fourth-order valence-electron chi connectivity index (χ4n) is 1.20. The van der Waals surface area contributed by atoms with Gasteiger partial charge in [-0.3, -0.25) is 4.68 Å². The molecule has 1 heterocycles. The molecule has 1 atom stereocenters. The third-order valence-corrected chi connectivity index (χ3v) is 1.94. The van der Waals surface area contributed by atoms with E-state index in [1.807, 2.05) is 20.0 Å². The summed E-state index contributed by atoms with van der Waals surface area (Å²) in [5.74, 6) is 0. The Labute approximate surface area is 78.1 Å². The van der Waals surface area contributed by atoms with Crippen molar-refractivity contribution in [2.24, 2.45) is 7.05 Å². The van der Waals surface area contributed by atoms with Crippen molar-refractivity contribution in [3.8, 4) is 0 Å². The smallest absolute Gasteiger partial charge is 0.0978 e. The van der Waals surface area contributed by atoms with E-state index in [9.17, 15) is 5.11 Å². The minimum Gasteiger partial charge on any atom is -0.387 e. The average Bonchev–Trinajstić information content (AvgIpc) is 2.52. The zero-order chi connectivity index (χ0) is 9.68. The molecule has 1 rings (SSSR count). The second-order valence-corrected chi connectivity index (χ2v) is 2.88. The van der Waals surface area contributed by atoms with Crippen molar-refractivity contribution in [2.45, 2.75) is 19.4 Å². The Morgan fingerprint density at radius 3 is 3.00 bits per heavy atom. The quantitative estimate of drug-likeness (QED) is 0.691. The van der Waals surface area contributed by atoms with Crippen molar-refractivity contribution >= 4 is 0 Å². The number of hydrogen-bond acceptors (Lipinski definition) is 3. The van der Waals surface area contributed by atoms with Crippen molar-refractivity contribution in [2.75, 3.05) is 13.2 Å². The van der Waals surface area contributed by atoms with E-state index in [0.717, 1.165) is 5.69 Å². The topological polar surface area (TPSA) is 47.3 Å². The summed E-state index contributed by atoms with van der Waals surface area (Å²) in [4.78, 5) is 0. The number of aryl methyl sites for hydroxylation is 1. The van der Waals surface area contributed by atoms with Crippen LogP contribution in [0.3, 0.4) is 0 Å². The molecule has 0 spiro atoms. The van der Waals surface area contributed by atoms with Gasteiger partial charge in [-0.25, -0.2) is 0 Å². The van der Waals surface area contributed by atoms with Crippen molar-refractivity contribution in [3.05, 3.63) is 18.0 Å². The lowest BCUT2D eigenvalue weighted by Gasteiger charge is -2.10. The lowest BCUT2D eigenvalue weighted by atomic mass is 10.2. The number of aliphatic hydroxyl groups is 1. The van der Waals surface area contributed by atoms with Crippen LogP contribution in [0.2, 0.25) is 0 Å². The van der Waals surface area contributed by atoms with E-state index < -0.39 is 6.10 Å². The first kappa shape index (κ1) is 10.2. The van der Waals surface area contributed by atoms with E-state index in [2.05, 4.69) is 5.10 Å². The second-order valence-electron chi connectivity index (χ2n) is 2.88. The molecule has 13 heavy (non-hydrogen) atoms. The molecule has 4 heteroatoms.